The van der Waals surface area contributed by atoms with E-state index in [2.05, 4.69) is 12.6 Å². The van der Waals surface area contributed by atoms with Crippen LogP contribution >= 0.6 is 12.6 Å². The summed E-state index contributed by atoms with van der Waals surface area (Å²) in [5.41, 5.74) is 0. The summed E-state index contributed by atoms with van der Waals surface area (Å²) in [6.45, 7) is 2.99. The number of benzene rings is 2. The van der Waals surface area contributed by atoms with Gasteiger partial charge < -0.3 is 9.64 Å². The van der Waals surface area contributed by atoms with Crippen LogP contribution in [0.3, 0.4) is 0 Å². The molecule has 7 nitrogen and oxygen atoms in total. The third-order valence-corrected chi connectivity index (χ3v) is 8.44. The van der Waals surface area contributed by atoms with Crippen molar-refractivity contribution < 1.29 is 22.7 Å². The van der Waals surface area contributed by atoms with E-state index in [1.807, 2.05) is 24.3 Å². The molecule has 0 bridgehead atoms. The number of amides is 1. The van der Waals surface area contributed by atoms with Crippen LogP contribution in [0.15, 0.2) is 47.4 Å². The van der Waals surface area contributed by atoms with Gasteiger partial charge in [0, 0.05) is 24.9 Å². The molecule has 9 heteroatoms. The number of hydrogen-bond donors (Lipinski definition) is 1. The van der Waals surface area contributed by atoms with Gasteiger partial charge in [-0.15, -0.1) is 0 Å². The van der Waals surface area contributed by atoms with Gasteiger partial charge in [-0.05, 0) is 49.1 Å². The lowest BCUT2D eigenvalue weighted by Crippen LogP contribution is -2.51. The second-order valence-electron chi connectivity index (χ2n) is 8.36. The summed E-state index contributed by atoms with van der Waals surface area (Å²) >= 11 is 4.50. The molecule has 0 N–H and O–H groups in total. The highest BCUT2D eigenvalue weighted by Crippen LogP contribution is 2.32. The van der Waals surface area contributed by atoms with Gasteiger partial charge in [0.1, 0.15) is 6.04 Å². The smallest absolute Gasteiger partial charge is 0.310 e. The number of likely N-dealkylation sites (tertiary alicyclic amines) is 1. The third-order valence-electron chi connectivity index (χ3n) is 6.20. The quantitative estimate of drug-likeness (QED) is 0.530. The summed E-state index contributed by atoms with van der Waals surface area (Å²) in [6, 6.07) is 11.7. The van der Waals surface area contributed by atoms with Gasteiger partial charge in [-0.2, -0.15) is 16.9 Å². The Balaban J connectivity index is 1.58. The fourth-order valence-electron chi connectivity index (χ4n) is 4.58. The molecule has 0 unspecified atom stereocenters. The molecule has 0 aliphatic carbocycles. The Morgan fingerprint density at radius 1 is 1.12 bits per heavy atom. The van der Waals surface area contributed by atoms with Crippen molar-refractivity contribution in [3.63, 3.8) is 0 Å². The van der Waals surface area contributed by atoms with Crippen molar-refractivity contribution in [2.24, 2.45) is 5.92 Å². The van der Waals surface area contributed by atoms with Crippen molar-refractivity contribution in [2.75, 3.05) is 26.2 Å². The first-order chi connectivity index (χ1) is 15.3. The number of rotatable bonds is 5. The number of fused-ring (bicyclic) bond motifs is 1. The first kappa shape index (κ1) is 23.1. The van der Waals surface area contributed by atoms with Gasteiger partial charge in [-0.3, -0.25) is 9.59 Å². The Morgan fingerprint density at radius 3 is 2.62 bits per heavy atom. The molecule has 2 saturated heterocycles. The second kappa shape index (κ2) is 9.41. The van der Waals surface area contributed by atoms with Gasteiger partial charge in [0.25, 0.3) is 0 Å². The average Bonchev–Trinajstić information content (AvgIpc) is 3.21. The first-order valence-corrected chi connectivity index (χ1v) is 12.9. The molecule has 2 heterocycles. The van der Waals surface area contributed by atoms with Crippen LogP contribution in [0.25, 0.3) is 10.8 Å². The zero-order valence-electron chi connectivity index (χ0n) is 18.0. The molecule has 3 atom stereocenters. The second-order valence-corrected chi connectivity index (χ2v) is 11.0. The molecule has 0 radical (unpaired) electrons. The molecule has 2 fully saturated rings. The minimum Gasteiger partial charge on any atom is -0.466 e. The largest absolute Gasteiger partial charge is 0.466 e. The van der Waals surface area contributed by atoms with E-state index >= 15 is 0 Å². The van der Waals surface area contributed by atoms with Gasteiger partial charge in [0.15, 0.2) is 0 Å². The number of carbonyl (C=O) groups is 2. The number of nitrogens with zero attached hydrogens (tertiary/aromatic N) is 2. The van der Waals surface area contributed by atoms with E-state index in [1.165, 1.54) is 4.31 Å². The minimum atomic E-state index is -3.89. The van der Waals surface area contributed by atoms with Crippen LogP contribution in [0.1, 0.15) is 26.2 Å². The monoisotopic (exact) mass is 476 g/mol. The molecular weight excluding hydrogens is 448 g/mol. The molecule has 172 valence electrons. The Bertz CT molecular complexity index is 1120. The fourth-order valence-corrected chi connectivity index (χ4v) is 6.74. The molecule has 4 rings (SSSR count). The molecule has 1 amide bonds. The van der Waals surface area contributed by atoms with E-state index in [4.69, 9.17) is 4.74 Å². The van der Waals surface area contributed by atoms with Crippen LogP contribution in [0, 0.1) is 5.92 Å². The van der Waals surface area contributed by atoms with Gasteiger partial charge in [-0.25, -0.2) is 8.42 Å². The van der Waals surface area contributed by atoms with Crippen molar-refractivity contribution in [1.29, 1.82) is 0 Å². The summed E-state index contributed by atoms with van der Waals surface area (Å²) in [4.78, 5) is 27.4. The summed E-state index contributed by atoms with van der Waals surface area (Å²) < 4.78 is 33.5. The van der Waals surface area contributed by atoms with Crippen LogP contribution in [-0.2, 0) is 24.3 Å². The number of carbonyl (C=O) groups excluding carboxylic acids is 2. The number of esters is 1. The lowest BCUT2D eigenvalue weighted by Gasteiger charge is -2.35. The summed E-state index contributed by atoms with van der Waals surface area (Å²) in [6.07, 6.45) is 1.70. The minimum absolute atomic E-state index is 0.166. The standard InChI is InChI=1S/C23H28N2O5S2/c1-2-30-23(27)18-8-5-11-24(14-18)22(26)21-13-19(31)15-25(21)32(28,29)20-10-9-16-6-3-4-7-17(16)12-20/h3-4,6-7,9-10,12,18-19,21,31H,2,5,8,11,13-15H2,1H3/t18-,19-,21-/m0/s1. The molecule has 0 spiro atoms. The summed E-state index contributed by atoms with van der Waals surface area (Å²) in [5.74, 6) is -0.935. The van der Waals surface area contributed by atoms with Gasteiger partial charge in [0.05, 0.1) is 17.4 Å². The fraction of sp³-hybridized carbons (Fsp3) is 0.478. The van der Waals surface area contributed by atoms with E-state index < -0.39 is 16.1 Å². The zero-order valence-corrected chi connectivity index (χ0v) is 19.7. The van der Waals surface area contributed by atoms with Crippen molar-refractivity contribution in [2.45, 2.75) is 42.4 Å². The summed E-state index contributed by atoms with van der Waals surface area (Å²) in [5, 5.41) is 1.54. The van der Waals surface area contributed by atoms with E-state index in [-0.39, 0.29) is 41.0 Å². The highest BCUT2D eigenvalue weighted by atomic mass is 32.2. The topological polar surface area (TPSA) is 84.0 Å². The van der Waals surface area contributed by atoms with E-state index in [9.17, 15) is 18.0 Å². The summed E-state index contributed by atoms with van der Waals surface area (Å²) in [7, 11) is -3.89. The average molecular weight is 477 g/mol. The SMILES string of the molecule is CCOC(=O)[C@H]1CCCN(C(=O)[C@@H]2C[C@H](S)CN2S(=O)(=O)c2ccc3ccccc3c2)C1. The number of hydrogen-bond acceptors (Lipinski definition) is 6. The molecule has 2 aromatic carbocycles. The zero-order chi connectivity index (χ0) is 22.9. The normalized spacial score (nSPS) is 24.6. The van der Waals surface area contributed by atoms with Crippen LogP contribution < -0.4 is 0 Å². The Labute approximate surface area is 194 Å². The van der Waals surface area contributed by atoms with Crippen molar-refractivity contribution in [3.05, 3.63) is 42.5 Å². The van der Waals surface area contributed by atoms with Crippen molar-refractivity contribution in [3.8, 4) is 0 Å². The van der Waals surface area contributed by atoms with Gasteiger partial charge in [0.2, 0.25) is 15.9 Å². The number of ether oxygens (including phenoxy) is 1. The molecule has 2 aromatic rings. The Hall–Kier alpha value is -2.10. The molecule has 2 aliphatic rings. The van der Waals surface area contributed by atoms with Crippen LogP contribution in [0.2, 0.25) is 0 Å². The number of sulfonamides is 1. The van der Waals surface area contributed by atoms with E-state index in [0.717, 1.165) is 10.8 Å². The van der Waals surface area contributed by atoms with Crippen LogP contribution in [-0.4, -0.2) is 67.0 Å². The molecular formula is C23H28N2O5S2. The molecule has 32 heavy (non-hydrogen) atoms. The van der Waals surface area contributed by atoms with E-state index in [1.54, 1.807) is 30.0 Å². The Kier molecular flexibility index (Phi) is 6.78. The maximum absolute atomic E-state index is 13.5. The highest BCUT2D eigenvalue weighted by Gasteiger charge is 2.45. The van der Waals surface area contributed by atoms with Gasteiger partial charge >= 0.3 is 5.97 Å². The first-order valence-electron chi connectivity index (χ1n) is 11.0. The third kappa shape index (κ3) is 4.51. The predicted molar refractivity (Wildman–Crippen MR) is 125 cm³/mol. The van der Waals surface area contributed by atoms with Gasteiger partial charge in [-0.1, -0.05) is 30.3 Å². The number of thiol groups is 1. The maximum Gasteiger partial charge on any atom is 0.310 e. The lowest BCUT2D eigenvalue weighted by atomic mass is 9.97. The maximum atomic E-state index is 13.5. The number of piperidine rings is 1. The molecule has 0 saturated carbocycles. The Morgan fingerprint density at radius 2 is 1.88 bits per heavy atom. The predicted octanol–water partition coefficient (Wildman–Crippen LogP) is 2.70. The molecule has 0 aromatic heterocycles. The molecule has 2 aliphatic heterocycles. The highest BCUT2D eigenvalue weighted by molar-refractivity contribution is 7.89. The van der Waals surface area contributed by atoms with E-state index in [0.29, 0.717) is 32.4 Å². The van der Waals surface area contributed by atoms with Crippen LogP contribution in [0.4, 0.5) is 0 Å². The van der Waals surface area contributed by atoms with Crippen LogP contribution in [0.5, 0.6) is 0 Å². The lowest BCUT2D eigenvalue weighted by molar-refractivity contribution is -0.151. The van der Waals surface area contributed by atoms with Crippen molar-refractivity contribution >= 4 is 45.3 Å². The van der Waals surface area contributed by atoms with Crippen molar-refractivity contribution in [1.82, 2.24) is 9.21 Å².